The zero-order valence-electron chi connectivity index (χ0n) is 9.07. The van der Waals surface area contributed by atoms with Crippen LogP contribution in [0.5, 0.6) is 0 Å². The van der Waals surface area contributed by atoms with Gasteiger partial charge in [-0.1, -0.05) is 6.08 Å². The second-order valence-corrected chi connectivity index (χ2v) is 3.58. The molecule has 0 amide bonds. The van der Waals surface area contributed by atoms with Crippen LogP contribution in [0, 0.1) is 20.2 Å². The quantitative estimate of drug-likeness (QED) is 0.203. The Balaban J connectivity index is 2.86. The van der Waals surface area contributed by atoms with Crippen molar-refractivity contribution in [2.75, 3.05) is 11.3 Å². The Morgan fingerprint density at radius 1 is 1.39 bits per heavy atom. The normalized spacial score (nSPS) is 9.78. The fourth-order valence-electron chi connectivity index (χ4n) is 1.03. The van der Waals surface area contributed by atoms with Gasteiger partial charge in [0.15, 0.2) is 0 Å². The molecule has 0 aromatic heterocycles. The van der Waals surface area contributed by atoms with Gasteiger partial charge in [-0.25, -0.2) is 0 Å². The Labute approximate surface area is 106 Å². The minimum atomic E-state index is -0.705. The van der Waals surface area contributed by atoms with Crippen LogP contribution in [0.2, 0.25) is 0 Å². The van der Waals surface area contributed by atoms with Crippen molar-refractivity contribution in [3.8, 4) is 0 Å². The average Bonchev–Trinajstić information content (AvgIpc) is 2.34. The summed E-state index contributed by atoms with van der Waals surface area (Å²) in [7, 11) is 0. The maximum Gasteiger partial charge on any atom is 0.300 e. The molecular weight excluding hydrogens is 262 g/mol. The maximum absolute atomic E-state index is 10.8. The number of rotatable bonds is 7. The minimum absolute atomic E-state index is 0.125. The first-order valence-corrected chi connectivity index (χ1v) is 5.38. The van der Waals surface area contributed by atoms with Crippen LogP contribution in [-0.2, 0) is 4.18 Å². The molecule has 0 saturated carbocycles. The van der Waals surface area contributed by atoms with Gasteiger partial charge >= 0.3 is 0 Å². The number of non-ortho nitro benzene ring substituents is 1. The van der Waals surface area contributed by atoms with Crippen LogP contribution >= 0.6 is 12.2 Å². The number of hydrogen-bond donors (Lipinski definition) is 1. The Kier molecular flexibility index (Phi) is 5.08. The van der Waals surface area contributed by atoms with Gasteiger partial charge < -0.3 is 4.72 Å². The summed E-state index contributed by atoms with van der Waals surface area (Å²) >= 11 is 0.781. The predicted molar refractivity (Wildman–Crippen MR) is 67.1 cm³/mol. The standard InChI is InChI=1S/C9H9N3O5S/c1-2-5-17-18-10-8-4-3-7(11(13)14)6-9(8)12(15)16/h2-4,6,10H,1,5H2. The van der Waals surface area contributed by atoms with Gasteiger partial charge in [-0.05, 0) is 6.07 Å². The van der Waals surface area contributed by atoms with Crippen LogP contribution in [0.3, 0.4) is 0 Å². The lowest BCUT2D eigenvalue weighted by atomic mass is 10.2. The average molecular weight is 271 g/mol. The molecule has 0 bridgehead atoms. The smallest absolute Gasteiger partial charge is 0.300 e. The van der Waals surface area contributed by atoms with Crippen molar-refractivity contribution in [1.29, 1.82) is 0 Å². The summed E-state index contributed by atoms with van der Waals surface area (Å²) in [6, 6.07) is 3.31. The van der Waals surface area contributed by atoms with Crippen molar-refractivity contribution >= 4 is 29.3 Å². The van der Waals surface area contributed by atoms with Gasteiger partial charge in [0.05, 0.1) is 22.5 Å². The van der Waals surface area contributed by atoms with Gasteiger partial charge in [0, 0.05) is 6.07 Å². The van der Waals surface area contributed by atoms with Crippen LogP contribution in [-0.4, -0.2) is 16.5 Å². The summed E-state index contributed by atoms with van der Waals surface area (Å²) in [6.45, 7) is 3.70. The molecule has 0 spiro atoms. The second kappa shape index (κ2) is 6.57. The molecule has 0 fully saturated rings. The molecule has 1 aromatic rings. The third-order valence-corrected chi connectivity index (χ3v) is 2.34. The highest BCUT2D eigenvalue weighted by Gasteiger charge is 2.19. The number of nitrogens with one attached hydrogen (secondary N) is 1. The lowest BCUT2D eigenvalue weighted by Gasteiger charge is -2.04. The van der Waals surface area contributed by atoms with E-state index < -0.39 is 9.85 Å². The van der Waals surface area contributed by atoms with Crippen LogP contribution in [0.1, 0.15) is 0 Å². The Morgan fingerprint density at radius 3 is 2.67 bits per heavy atom. The van der Waals surface area contributed by atoms with Crippen molar-refractivity contribution in [2.24, 2.45) is 0 Å². The summed E-state index contributed by atoms with van der Waals surface area (Å²) < 4.78 is 7.51. The molecule has 0 atom stereocenters. The Hall–Kier alpha value is -2.13. The lowest BCUT2D eigenvalue weighted by Crippen LogP contribution is -1.98. The molecule has 0 aliphatic carbocycles. The van der Waals surface area contributed by atoms with E-state index in [2.05, 4.69) is 11.3 Å². The minimum Gasteiger partial charge on any atom is -0.300 e. The van der Waals surface area contributed by atoms with E-state index in [1.165, 1.54) is 18.2 Å². The molecule has 1 N–H and O–H groups in total. The molecule has 18 heavy (non-hydrogen) atoms. The molecule has 9 heteroatoms. The van der Waals surface area contributed by atoms with E-state index in [9.17, 15) is 20.2 Å². The van der Waals surface area contributed by atoms with Crippen LogP contribution in [0.15, 0.2) is 30.9 Å². The summed E-state index contributed by atoms with van der Waals surface area (Å²) in [6.07, 6.45) is 1.51. The maximum atomic E-state index is 10.8. The Morgan fingerprint density at radius 2 is 2.11 bits per heavy atom. The van der Waals surface area contributed by atoms with Crippen molar-refractivity contribution in [3.63, 3.8) is 0 Å². The molecule has 0 aliphatic heterocycles. The summed E-state index contributed by atoms with van der Waals surface area (Å²) in [5.74, 6) is 0. The fourth-order valence-corrected chi connectivity index (χ4v) is 1.51. The van der Waals surface area contributed by atoms with Crippen molar-refractivity contribution in [2.45, 2.75) is 0 Å². The van der Waals surface area contributed by atoms with Gasteiger partial charge in [0.2, 0.25) is 0 Å². The third-order valence-electron chi connectivity index (χ3n) is 1.79. The number of nitro groups is 2. The van der Waals surface area contributed by atoms with Gasteiger partial charge in [-0.2, -0.15) is 0 Å². The van der Waals surface area contributed by atoms with Gasteiger partial charge in [0.1, 0.15) is 17.9 Å². The van der Waals surface area contributed by atoms with Gasteiger partial charge in [-0.15, -0.1) is 6.58 Å². The molecule has 0 aliphatic rings. The van der Waals surface area contributed by atoms with E-state index in [0.29, 0.717) is 0 Å². The highest BCUT2D eigenvalue weighted by molar-refractivity contribution is 7.96. The number of nitrogens with zero attached hydrogens (tertiary/aromatic N) is 2. The number of benzene rings is 1. The van der Waals surface area contributed by atoms with Crippen molar-refractivity contribution in [1.82, 2.24) is 0 Å². The first-order chi connectivity index (χ1) is 8.56. The van der Waals surface area contributed by atoms with E-state index in [4.69, 9.17) is 4.18 Å². The zero-order chi connectivity index (χ0) is 13.5. The van der Waals surface area contributed by atoms with Crippen LogP contribution in [0.4, 0.5) is 17.1 Å². The van der Waals surface area contributed by atoms with E-state index in [1.54, 1.807) is 0 Å². The monoisotopic (exact) mass is 271 g/mol. The van der Waals surface area contributed by atoms with Crippen molar-refractivity contribution < 1.29 is 14.0 Å². The van der Waals surface area contributed by atoms with E-state index in [1.807, 2.05) is 0 Å². The second-order valence-electron chi connectivity index (χ2n) is 2.97. The van der Waals surface area contributed by atoms with Crippen molar-refractivity contribution in [3.05, 3.63) is 51.1 Å². The van der Waals surface area contributed by atoms with Gasteiger partial charge in [-0.3, -0.25) is 24.4 Å². The third kappa shape index (κ3) is 3.71. The summed E-state index contributed by atoms with van der Waals surface area (Å²) in [5.41, 5.74) is -0.608. The summed E-state index contributed by atoms with van der Waals surface area (Å²) in [4.78, 5) is 19.9. The zero-order valence-corrected chi connectivity index (χ0v) is 9.88. The molecule has 0 heterocycles. The van der Waals surface area contributed by atoms with E-state index >= 15 is 0 Å². The SMILES string of the molecule is C=CCOSNc1ccc([N+](=O)[O-])cc1[N+](=O)[O-]. The van der Waals surface area contributed by atoms with E-state index in [-0.39, 0.29) is 23.7 Å². The largest absolute Gasteiger partial charge is 0.300 e. The lowest BCUT2D eigenvalue weighted by molar-refractivity contribution is -0.393. The van der Waals surface area contributed by atoms with Crippen LogP contribution in [0.25, 0.3) is 0 Å². The number of anilines is 1. The number of hydrogen-bond acceptors (Lipinski definition) is 7. The topological polar surface area (TPSA) is 108 Å². The Bertz CT molecular complexity index is 479. The first-order valence-electron chi connectivity index (χ1n) is 4.64. The molecule has 8 nitrogen and oxygen atoms in total. The molecule has 1 rings (SSSR count). The molecule has 0 saturated heterocycles. The molecule has 96 valence electrons. The van der Waals surface area contributed by atoms with Crippen LogP contribution < -0.4 is 4.72 Å². The first kappa shape index (κ1) is 13.9. The molecule has 0 radical (unpaired) electrons. The summed E-state index contributed by atoms with van der Waals surface area (Å²) in [5, 5.41) is 21.3. The van der Waals surface area contributed by atoms with Gasteiger partial charge in [0.25, 0.3) is 11.4 Å². The molecule has 0 unspecified atom stereocenters. The molecule has 1 aromatic carbocycles. The van der Waals surface area contributed by atoms with E-state index in [0.717, 1.165) is 18.3 Å². The molecular formula is C9H9N3O5S. The predicted octanol–water partition coefficient (Wildman–Crippen LogP) is 2.68. The highest BCUT2D eigenvalue weighted by Crippen LogP contribution is 2.30. The number of nitro benzene ring substituents is 2. The highest BCUT2D eigenvalue weighted by atomic mass is 32.2. The fraction of sp³-hybridized carbons (Fsp3) is 0.111.